The lowest BCUT2D eigenvalue weighted by atomic mass is 9.80. The quantitative estimate of drug-likeness (QED) is 0.538. The molecule has 0 saturated carbocycles. The number of thioether (sulfide) groups is 1. The number of nitrogens with one attached hydrogen (secondary N) is 1. The number of ether oxygens (including phenoxy) is 1. The fourth-order valence-electron chi connectivity index (χ4n) is 4.73. The third kappa shape index (κ3) is 6.90. The van der Waals surface area contributed by atoms with E-state index in [0.717, 1.165) is 30.8 Å². The average molecular weight is 563 g/mol. The predicted octanol–water partition coefficient (Wildman–Crippen LogP) is 4.53. The summed E-state index contributed by atoms with van der Waals surface area (Å²) in [6.45, 7) is 10.2. The molecule has 4 rings (SSSR count). The summed E-state index contributed by atoms with van der Waals surface area (Å²) in [5.41, 5.74) is 5.69. The molecule has 2 fully saturated rings. The number of carbonyl (C=O) groups is 2. The monoisotopic (exact) mass is 562 g/mol. The Morgan fingerprint density at radius 3 is 2.59 bits per heavy atom. The van der Waals surface area contributed by atoms with Gasteiger partial charge in [-0.2, -0.15) is 8.78 Å². The summed E-state index contributed by atoms with van der Waals surface area (Å²) in [5.74, 6) is -2.68. The number of rotatable bonds is 5. The van der Waals surface area contributed by atoms with E-state index in [0.29, 0.717) is 17.4 Å². The van der Waals surface area contributed by atoms with Gasteiger partial charge in [0.2, 0.25) is 5.91 Å². The van der Waals surface area contributed by atoms with Gasteiger partial charge in [0.25, 0.3) is 5.92 Å². The molecule has 12 heteroatoms. The Hall–Kier alpha value is -3.15. The van der Waals surface area contributed by atoms with Gasteiger partial charge in [0.05, 0.1) is 18.4 Å². The minimum Gasteiger partial charge on any atom is -0.444 e. The summed E-state index contributed by atoms with van der Waals surface area (Å²) >= 11 is 1.23. The molecule has 1 atom stereocenters. The van der Waals surface area contributed by atoms with E-state index in [9.17, 15) is 18.4 Å². The number of nitrogens with zero attached hydrogens (tertiary/aromatic N) is 4. The zero-order valence-electron chi connectivity index (χ0n) is 23.0. The number of aromatic nitrogens is 2. The Labute approximate surface area is 231 Å². The van der Waals surface area contributed by atoms with Gasteiger partial charge >= 0.3 is 6.09 Å². The van der Waals surface area contributed by atoms with Crippen molar-refractivity contribution in [2.24, 2.45) is 5.41 Å². The number of hydrogen-bond donors (Lipinski definition) is 2. The van der Waals surface area contributed by atoms with Gasteiger partial charge in [-0.05, 0) is 45.1 Å². The van der Waals surface area contributed by atoms with Crippen molar-refractivity contribution in [3.63, 3.8) is 0 Å². The molecule has 212 valence electrons. The second kappa shape index (κ2) is 10.8. The van der Waals surface area contributed by atoms with E-state index in [4.69, 9.17) is 10.5 Å². The number of carbonyl (C=O) groups excluding carboxylic acids is 2. The van der Waals surface area contributed by atoms with Crippen molar-refractivity contribution in [2.75, 3.05) is 36.8 Å². The smallest absolute Gasteiger partial charge is 0.407 e. The lowest BCUT2D eigenvalue weighted by Gasteiger charge is -2.40. The van der Waals surface area contributed by atoms with Crippen LogP contribution in [0.1, 0.15) is 47.5 Å². The Morgan fingerprint density at radius 2 is 1.97 bits per heavy atom. The largest absolute Gasteiger partial charge is 0.444 e. The lowest BCUT2D eigenvalue weighted by Crippen LogP contribution is -2.46. The predicted molar refractivity (Wildman–Crippen MR) is 148 cm³/mol. The number of nitrogens with two attached hydrogens (primary N) is 1. The van der Waals surface area contributed by atoms with Crippen LogP contribution < -0.4 is 16.0 Å². The van der Waals surface area contributed by atoms with Crippen LogP contribution in [-0.4, -0.2) is 69.8 Å². The van der Waals surface area contributed by atoms with E-state index in [2.05, 4.69) is 27.1 Å². The molecule has 0 radical (unpaired) electrons. The highest BCUT2D eigenvalue weighted by atomic mass is 32.2. The zero-order valence-corrected chi connectivity index (χ0v) is 23.8. The van der Waals surface area contributed by atoms with Gasteiger partial charge in [0.1, 0.15) is 16.4 Å². The van der Waals surface area contributed by atoms with Crippen LogP contribution >= 0.6 is 11.8 Å². The number of likely N-dealkylation sites (tertiary alicyclic amines) is 1. The first kappa shape index (κ1) is 28.8. The van der Waals surface area contributed by atoms with E-state index < -0.39 is 35.3 Å². The van der Waals surface area contributed by atoms with Crippen LogP contribution in [0.2, 0.25) is 0 Å². The molecule has 2 aliphatic heterocycles. The minimum absolute atomic E-state index is 0.0747. The van der Waals surface area contributed by atoms with Crippen molar-refractivity contribution in [2.45, 2.75) is 69.3 Å². The highest BCUT2D eigenvalue weighted by Gasteiger charge is 2.48. The van der Waals surface area contributed by atoms with E-state index in [1.165, 1.54) is 24.8 Å². The number of halogens is 2. The molecule has 39 heavy (non-hydrogen) atoms. The molecule has 9 nitrogen and oxygen atoms in total. The molecule has 1 aliphatic carbocycles. The summed E-state index contributed by atoms with van der Waals surface area (Å²) < 4.78 is 34.7. The maximum absolute atomic E-state index is 14.7. The van der Waals surface area contributed by atoms with Gasteiger partial charge in [-0.1, -0.05) is 36.9 Å². The first-order chi connectivity index (χ1) is 18.2. The average Bonchev–Trinajstić information content (AvgIpc) is 2.96. The van der Waals surface area contributed by atoms with Crippen LogP contribution in [-0.2, 0) is 9.53 Å². The number of allylic oxidation sites excluding steroid dienone is 3. The molecular weight excluding hydrogens is 526 g/mol. The second-order valence-corrected chi connectivity index (χ2v) is 12.6. The van der Waals surface area contributed by atoms with E-state index in [-0.39, 0.29) is 22.5 Å². The Kier molecular flexibility index (Phi) is 7.98. The molecule has 3 aliphatic rings. The third-order valence-corrected chi connectivity index (χ3v) is 8.04. The van der Waals surface area contributed by atoms with Gasteiger partial charge in [-0.15, -0.1) is 0 Å². The number of amides is 2. The normalized spacial score (nSPS) is 22.0. The zero-order chi connectivity index (χ0) is 28.6. The number of piperidine rings is 1. The highest BCUT2D eigenvalue weighted by molar-refractivity contribution is 8.00. The van der Waals surface area contributed by atoms with E-state index in [1.807, 2.05) is 20.8 Å². The van der Waals surface area contributed by atoms with Crippen LogP contribution in [0.5, 0.6) is 0 Å². The van der Waals surface area contributed by atoms with Crippen LogP contribution in [0.15, 0.2) is 46.8 Å². The first-order valence-corrected chi connectivity index (χ1v) is 13.8. The molecule has 0 spiro atoms. The summed E-state index contributed by atoms with van der Waals surface area (Å²) in [4.78, 5) is 36.2. The molecule has 1 unspecified atom stereocenters. The SMILES string of the molecule is CC(=O)N1CC(F)(F)C2=CC(Sc3ncc(N4CCC(C)(CNC(=O)OC(C)(C)C)CC4)nc3N)C=CC=C21. The van der Waals surface area contributed by atoms with Crippen molar-refractivity contribution < 1.29 is 23.1 Å². The number of fused-ring (bicyclic) bond motifs is 1. The topological polar surface area (TPSA) is 114 Å². The Morgan fingerprint density at radius 1 is 1.28 bits per heavy atom. The summed E-state index contributed by atoms with van der Waals surface area (Å²) in [7, 11) is 0. The van der Waals surface area contributed by atoms with Crippen molar-refractivity contribution in [1.82, 2.24) is 20.2 Å². The van der Waals surface area contributed by atoms with Crippen molar-refractivity contribution in [3.8, 4) is 0 Å². The number of alkyl halides is 2. The molecule has 1 aromatic heterocycles. The molecule has 3 N–H and O–H groups in total. The molecule has 0 bridgehead atoms. The maximum Gasteiger partial charge on any atom is 0.407 e. The minimum atomic E-state index is -3.13. The summed E-state index contributed by atoms with van der Waals surface area (Å²) in [6.07, 6.45) is 9.35. The fourth-order valence-corrected chi connectivity index (χ4v) is 5.64. The number of alkyl carbamates (subject to hydrolysis) is 1. The van der Waals surface area contributed by atoms with Gasteiger partial charge in [0.15, 0.2) is 5.82 Å². The first-order valence-electron chi connectivity index (χ1n) is 12.9. The molecular formula is C27H36F2N6O3S. The van der Waals surface area contributed by atoms with Crippen LogP contribution in [0.4, 0.5) is 25.2 Å². The summed E-state index contributed by atoms with van der Waals surface area (Å²) in [5, 5.41) is 2.87. The van der Waals surface area contributed by atoms with Crippen LogP contribution in [0, 0.1) is 5.41 Å². The summed E-state index contributed by atoms with van der Waals surface area (Å²) in [6, 6.07) is 0. The lowest BCUT2D eigenvalue weighted by molar-refractivity contribution is -0.127. The number of hydrogen-bond acceptors (Lipinski definition) is 8. The number of anilines is 2. The van der Waals surface area contributed by atoms with Gasteiger partial charge in [-0.3, -0.25) is 4.79 Å². The van der Waals surface area contributed by atoms with Gasteiger partial charge < -0.3 is 25.6 Å². The highest BCUT2D eigenvalue weighted by Crippen LogP contribution is 2.43. The maximum atomic E-state index is 14.7. The molecule has 2 saturated heterocycles. The third-order valence-electron chi connectivity index (χ3n) is 6.94. The Balaban J connectivity index is 1.37. The van der Waals surface area contributed by atoms with Crippen molar-refractivity contribution in [1.29, 1.82) is 0 Å². The van der Waals surface area contributed by atoms with E-state index in [1.54, 1.807) is 24.4 Å². The molecule has 0 aromatic carbocycles. The molecule has 3 heterocycles. The van der Waals surface area contributed by atoms with Gasteiger partial charge in [-0.25, -0.2) is 14.8 Å². The van der Waals surface area contributed by atoms with Gasteiger partial charge in [0, 0.05) is 37.4 Å². The Bertz CT molecular complexity index is 1220. The molecule has 2 amide bonds. The fraction of sp³-hybridized carbons (Fsp3) is 0.556. The van der Waals surface area contributed by atoms with Crippen molar-refractivity contribution >= 4 is 35.4 Å². The van der Waals surface area contributed by atoms with Crippen LogP contribution in [0.25, 0.3) is 0 Å². The number of nitrogen functional groups attached to an aromatic ring is 1. The van der Waals surface area contributed by atoms with Crippen LogP contribution in [0.3, 0.4) is 0 Å². The van der Waals surface area contributed by atoms with Crippen molar-refractivity contribution in [3.05, 3.63) is 41.8 Å². The second-order valence-electron chi connectivity index (χ2n) is 11.5. The molecule has 1 aromatic rings. The van der Waals surface area contributed by atoms with E-state index >= 15 is 0 Å². The standard InChI is InChI=1S/C27H36F2N6O3S/c1-17(36)35-16-27(28,29)19-13-18(7-6-8-20(19)35)39-23-22(30)33-21(14-31-23)34-11-9-26(5,10-12-34)15-32-24(37)38-25(2,3)4/h6-8,13-14,18H,9-12,15-16H2,1-5H3,(H2,30,33)(H,32,37).